The van der Waals surface area contributed by atoms with Crippen LogP contribution in [-0.2, 0) is 6.42 Å². The lowest BCUT2D eigenvalue weighted by molar-refractivity contribution is 0.469. The quantitative estimate of drug-likeness (QED) is 0.563. The lowest BCUT2D eigenvalue weighted by Gasteiger charge is -2.04. The number of nitrogens with zero attached hydrogens (tertiary/aromatic N) is 2. The van der Waals surface area contributed by atoms with E-state index in [9.17, 15) is 5.11 Å². The minimum absolute atomic E-state index is 0.253. The average Bonchev–Trinajstić information content (AvgIpc) is 2.96. The Morgan fingerprint density at radius 1 is 1.29 bits per heavy atom. The van der Waals surface area contributed by atoms with E-state index in [-0.39, 0.29) is 5.75 Å². The van der Waals surface area contributed by atoms with Crippen molar-refractivity contribution >= 4 is 22.9 Å². The number of fused-ring (bicyclic) bond motifs is 1. The normalized spacial score (nSPS) is 11.2. The van der Waals surface area contributed by atoms with E-state index in [1.165, 1.54) is 0 Å². The van der Waals surface area contributed by atoms with Gasteiger partial charge in [-0.2, -0.15) is 0 Å². The highest BCUT2D eigenvalue weighted by Crippen LogP contribution is 2.23. The van der Waals surface area contributed by atoms with E-state index < -0.39 is 0 Å². The third kappa shape index (κ3) is 2.69. The molecule has 4 nitrogen and oxygen atoms in total. The van der Waals surface area contributed by atoms with Crippen LogP contribution in [-0.4, -0.2) is 21.3 Å². The van der Waals surface area contributed by atoms with Crippen LogP contribution in [0.5, 0.6) is 5.75 Å². The molecule has 1 aromatic heterocycles. The van der Waals surface area contributed by atoms with Gasteiger partial charge in [-0.05, 0) is 36.2 Å². The van der Waals surface area contributed by atoms with Gasteiger partial charge in [0, 0.05) is 11.8 Å². The standard InChI is InChI=1S/C17H15N3O/c1-2-4-12-5-3-6-13(17(12)21)10-18-14-7-8-15-16(9-14)20-11-19-15/h2-3,5-11,21H,1,4H2,(H,19,20). The molecule has 0 saturated heterocycles. The van der Waals surface area contributed by atoms with Gasteiger partial charge in [-0.15, -0.1) is 6.58 Å². The number of imidazole rings is 1. The van der Waals surface area contributed by atoms with Gasteiger partial charge in [0.05, 0.1) is 23.0 Å². The van der Waals surface area contributed by atoms with Crippen molar-refractivity contribution in [2.45, 2.75) is 6.42 Å². The second kappa shape index (κ2) is 5.63. The Balaban J connectivity index is 1.91. The first-order valence-electron chi connectivity index (χ1n) is 6.67. The number of para-hydroxylation sites is 1. The van der Waals surface area contributed by atoms with Crippen molar-refractivity contribution in [3.63, 3.8) is 0 Å². The Labute approximate surface area is 122 Å². The molecule has 0 radical (unpaired) electrons. The van der Waals surface area contributed by atoms with Crippen LogP contribution in [0.3, 0.4) is 0 Å². The molecule has 0 bridgehead atoms. The molecule has 104 valence electrons. The van der Waals surface area contributed by atoms with Crippen LogP contribution in [0.4, 0.5) is 5.69 Å². The fourth-order valence-electron chi connectivity index (χ4n) is 2.18. The number of phenols is 1. The topological polar surface area (TPSA) is 61.3 Å². The van der Waals surface area contributed by atoms with Crippen LogP contribution in [0.15, 0.2) is 60.4 Å². The Morgan fingerprint density at radius 3 is 3.05 bits per heavy atom. The molecule has 0 aliphatic carbocycles. The van der Waals surface area contributed by atoms with Crippen LogP contribution in [0.1, 0.15) is 11.1 Å². The number of benzene rings is 2. The van der Waals surface area contributed by atoms with Gasteiger partial charge in [0.25, 0.3) is 0 Å². The molecule has 2 N–H and O–H groups in total. The summed E-state index contributed by atoms with van der Waals surface area (Å²) in [6, 6.07) is 11.3. The van der Waals surface area contributed by atoms with E-state index >= 15 is 0 Å². The Hall–Kier alpha value is -2.88. The van der Waals surface area contributed by atoms with Crippen molar-refractivity contribution in [1.82, 2.24) is 9.97 Å². The summed E-state index contributed by atoms with van der Waals surface area (Å²) in [7, 11) is 0. The largest absolute Gasteiger partial charge is 0.507 e. The zero-order valence-electron chi connectivity index (χ0n) is 11.5. The number of rotatable bonds is 4. The molecule has 0 aliphatic heterocycles. The summed E-state index contributed by atoms with van der Waals surface area (Å²) < 4.78 is 0. The summed E-state index contributed by atoms with van der Waals surface area (Å²) in [6.07, 6.45) is 5.72. The molecular formula is C17H15N3O. The monoisotopic (exact) mass is 277 g/mol. The lowest BCUT2D eigenvalue weighted by Crippen LogP contribution is -1.88. The van der Waals surface area contributed by atoms with Crippen LogP contribution in [0.25, 0.3) is 11.0 Å². The summed E-state index contributed by atoms with van der Waals surface area (Å²) in [5.41, 5.74) is 4.19. The van der Waals surface area contributed by atoms with E-state index in [1.807, 2.05) is 36.4 Å². The lowest BCUT2D eigenvalue weighted by atomic mass is 10.1. The van der Waals surface area contributed by atoms with Crippen molar-refractivity contribution in [3.8, 4) is 5.75 Å². The predicted molar refractivity (Wildman–Crippen MR) is 85.4 cm³/mol. The summed E-state index contributed by atoms with van der Waals surface area (Å²) in [4.78, 5) is 11.6. The van der Waals surface area contributed by atoms with Gasteiger partial charge >= 0.3 is 0 Å². The van der Waals surface area contributed by atoms with Crippen LogP contribution in [0, 0.1) is 0 Å². The summed E-state index contributed by atoms with van der Waals surface area (Å²) in [5.74, 6) is 0.253. The Morgan fingerprint density at radius 2 is 2.19 bits per heavy atom. The van der Waals surface area contributed by atoms with E-state index in [0.717, 1.165) is 22.3 Å². The minimum Gasteiger partial charge on any atom is -0.507 e. The molecule has 0 atom stereocenters. The molecular weight excluding hydrogens is 262 g/mol. The molecule has 0 unspecified atom stereocenters. The highest BCUT2D eigenvalue weighted by molar-refractivity contribution is 5.87. The van der Waals surface area contributed by atoms with Gasteiger partial charge in [-0.25, -0.2) is 4.98 Å². The number of phenolic OH excluding ortho intramolecular Hbond substituents is 1. The fraction of sp³-hybridized carbons (Fsp3) is 0.0588. The number of nitrogens with one attached hydrogen (secondary N) is 1. The van der Waals surface area contributed by atoms with Gasteiger partial charge in [-0.3, -0.25) is 4.99 Å². The van der Waals surface area contributed by atoms with Crippen LogP contribution >= 0.6 is 0 Å². The van der Waals surface area contributed by atoms with Crippen molar-refractivity contribution in [3.05, 3.63) is 66.5 Å². The smallest absolute Gasteiger partial charge is 0.127 e. The summed E-state index contributed by atoms with van der Waals surface area (Å²) >= 11 is 0. The first-order chi connectivity index (χ1) is 10.3. The van der Waals surface area contributed by atoms with Gasteiger partial charge in [0.15, 0.2) is 0 Å². The maximum absolute atomic E-state index is 10.2. The van der Waals surface area contributed by atoms with Crippen molar-refractivity contribution < 1.29 is 5.11 Å². The molecule has 0 spiro atoms. The number of allylic oxidation sites excluding steroid dienone is 1. The molecule has 21 heavy (non-hydrogen) atoms. The van der Waals surface area contributed by atoms with Crippen molar-refractivity contribution in [2.75, 3.05) is 0 Å². The minimum atomic E-state index is 0.253. The second-order valence-corrected chi connectivity index (χ2v) is 4.71. The molecule has 4 heteroatoms. The van der Waals surface area contributed by atoms with Gasteiger partial charge < -0.3 is 10.1 Å². The van der Waals surface area contributed by atoms with E-state index in [1.54, 1.807) is 18.6 Å². The molecule has 3 aromatic rings. The molecule has 0 amide bonds. The molecule has 0 fully saturated rings. The SMILES string of the molecule is C=CCc1cccc(C=Nc2ccc3nc[nH]c3c2)c1O. The van der Waals surface area contributed by atoms with E-state index in [0.29, 0.717) is 12.0 Å². The van der Waals surface area contributed by atoms with Gasteiger partial charge in [-0.1, -0.05) is 18.2 Å². The maximum atomic E-state index is 10.2. The number of hydrogen-bond acceptors (Lipinski definition) is 3. The fourth-order valence-corrected chi connectivity index (χ4v) is 2.18. The molecule has 3 rings (SSSR count). The summed E-state index contributed by atoms with van der Waals surface area (Å²) in [5, 5.41) is 10.2. The van der Waals surface area contributed by atoms with Gasteiger partial charge in [0.2, 0.25) is 0 Å². The van der Waals surface area contributed by atoms with Gasteiger partial charge in [0.1, 0.15) is 5.75 Å². The number of aromatic nitrogens is 2. The number of hydrogen-bond donors (Lipinski definition) is 2. The third-order valence-electron chi connectivity index (χ3n) is 3.27. The van der Waals surface area contributed by atoms with E-state index in [4.69, 9.17) is 0 Å². The molecule has 2 aromatic carbocycles. The first-order valence-corrected chi connectivity index (χ1v) is 6.67. The zero-order valence-corrected chi connectivity index (χ0v) is 11.5. The van der Waals surface area contributed by atoms with Crippen molar-refractivity contribution in [1.29, 1.82) is 0 Å². The number of aromatic amines is 1. The maximum Gasteiger partial charge on any atom is 0.127 e. The highest BCUT2D eigenvalue weighted by Gasteiger charge is 2.03. The zero-order chi connectivity index (χ0) is 14.7. The predicted octanol–water partition coefficient (Wildman–Crippen LogP) is 3.75. The van der Waals surface area contributed by atoms with Crippen LogP contribution < -0.4 is 0 Å². The van der Waals surface area contributed by atoms with Crippen molar-refractivity contribution in [2.24, 2.45) is 4.99 Å². The first kappa shape index (κ1) is 13.1. The highest BCUT2D eigenvalue weighted by atomic mass is 16.3. The summed E-state index contributed by atoms with van der Waals surface area (Å²) in [6.45, 7) is 3.69. The number of aliphatic imine (C=N–C) groups is 1. The number of H-pyrrole nitrogens is 1. The Bertz CT molecular complexity index is 818. The second-order valence-electron chi connectivity index (χ2n) is 4.71. The average molecular weight is 277 g/mol. The van der Waals surface area contributed by atoms with E-state index in [2.05, 4.69) is 21.5 Å². The molecule has 1 heterocycles. The number of aromatic hydroxyl groups is 1. The Kier molecular flexibility index (Phi) is 3.51. The van der Waals surface area contributed by atoms with Crippen LogP contribution in [0.2, 0.25) is 0 Å². The third-order valence-corrected chi connectivity index (χ3v) is 3.27. The molecule has 0 aliphatic rings. The molecule has 0 saturated carbocycles.